The zero-order chi connectivity index (χ0) is 28.9. The van der Waals surface area contributed by atoms with Crippen LogP contribution in [0.5, 0.6) is 0 Å². The fraction of sp³-hybridized carbons (Fsp3) is 0.441. The highest BCUT2D eigenvalue weighted by atomic mass is 16.7. The molecule has 0 unspecified atom stereocenters. The summed E-state index contributed by atoms with van der Waals surface area (Å²) in [6.45, 7) is 6.47. The summed E-state index contributed by atoms with van der Waals surface area (Å²) < 4.78 is 0. The van der Waals surface area contributed by atoms with Crippen LogP contribution in [0.2, 0.25) is 0 Å². The van der Waals surface area contributed by atoms with Crippen molar-refractivity contribution in [1.29, 1.82) is 0 Å². The number of anilines is 4. The fourth-order valence-electron chi connectivity index (χ4n) is 6.92. The quantitative estimate of drug-likeness (QED) is 0.218. The minimum atomic E-state index is -0.523. The van der Waals surface area contributed by atoms with E-state index in [0.29, 0.717) is 23.0 Å². The molecule has 2 aliphatic heterocycles. The number of piperidine rings is 1. The number of hydrazine groups is 1. The maximum absolute atomic E-state index is 12.6. The van der Waals surface area contributed by atoms with Crippen LogP contribution in [0.25, 0.3) is 0 Å². The molecule has 42 heavy (non-hydrogen) atoms. The van der Waals surface area contributed by atoms with E-state index >= 15 is 0 Å². The van der Waals surface area contributed by atoms with Gasteiger partial charge in [-0.2, -0.15) is 0 Å². The van der Waals surface area contributed by atoms with Crippen LogP contribution in [0.4, 0.5) is 22.7 Å². The van der Waals surface area contributed by atoms with Crippen molar-refractivity contribution in [1.82, 2.24) is 4.90 Å². The van der Waals surface area contributed by atoms with Gasteiger partial charge in [0, 0.05) is 56.7 Å². The van der Waals surface area contributed by atoms with Crippen molar-refractivity contribution in [2.45, 2.75) is 56.9 Å². The summed E-state index contributed by atoms with van der Waals surface area (Å²) in [5.74, 6) is 6.17. The topological polar surface area (TPSA) is 91.3 Å². The lowest BCUT2D eigenvalue weighted by Crippen LogP contribution is -2.53. The first kappa shape index (κ1) is 28.4. The number of carbonyl (C=O) groups excluding carboxylic acids is 1. The summed E-state index contributed by atoms with van der Waals surface area (Å²) in [4.78, 5) is 25.6. The third-order valence-electron chi connectivity index (χ3n) is 9.45. The summed E-state index contributed by atoms with van der Waals surface area (Å²) >= 11 is 0. The molecule has 4 N–H and O–H groups in total. The van der Waals surface area contributed by atoms with Gasteiger partial charge in [0.25, 0.3) is 0 Å². The SMILES string of the molecule is Nc1ccccc1N(N)OC(=O)c1ccc(N2CCC(N3CCN(c4ccc(C5CCCCC5)cc4)CC3)CC2)cc1. The Morgan fingerprint density at radius 1 is 0.714 bits per heavy atom. The van der Waals surface area contributed by atoms with Crippen LogP contribution in [0.1, 0.15) is 66.8 Å². The van der Waals surface area contributed by atoms with Gasteiger partial charge >= 0.3 is 5.97 Å². The Bertz CT molecular complexity index is 1310. The Balaban J connectivity index is 0.953. The van der Waals surface area contributed by atoms with Crippen LogP contribution < -0.4 is 26.5 Å². The summed E-state index contributed by atoms with van der Waals surface area (Å²) in [6.07, 6.45) is 9.20. The first-order valence-electron chi connectivity index (χ1n) is 15.6. The Morgan fingerprint density at radius 2 is 1.31 bits per heavy atom. The molecule has 0 spiro atoms. The number of nitrogen functional groups attached to an aromatic ring is 1. The lowest BCUT2D eigenvalue weighted by atomic mass is 9.84. The van der Waals surface area contributed by atoms with Crippen molar-refractivity contribution in [2.24, 2.45) is 5.84 Å². The zero-order valence-electron chi connectivity index (χ0n) is 24.5. The van der Waals surface area contributed by atoms with E-state index in [1.807, 2.05) is 12.1 Å². The van der Waals surface area contributed by atoms with Crippen molar-refractivity contribution in [3.8, 4) is 0 Å². The molecule has 0 radical (unpaired) electrons. The Kier molecular flexibility index (Phi) is 8.81. The maximum atomic E-state index is 12.6. The average molecular weight is 569 g/mol. The fourth-order valence-corrected chi connectivity index (χ4v) is 6.92. The molecule has 1 saturated carbocycles. The number of rotatable bonds is 7. The predicted molar refractivity (Wildman–Crippen MR) is 171 cm³/mol. The molecule has 2 heterocycles. The monoisotopic (exact) mass is 568 g/mol. The number of hydrogen-bond acceptors (Lipinski definition) is 8. The second kappa shape index (κ2) is 13.0. The van der Waals surface area contributed by atoms with E-state index in [1.165, 1.54) is 43.4 Å². The zero-order valence-corrected chi connectivity index (χ0v) is 24.5. The number of benzene rings is 3. The van der Waals surface area contributed by atoms with E-state index in [-0.39, 0.29) is 0 Å². The van der Waals surface area contributed by atoms with Gasteiger partial charge in [-0.1, -0.05) is 43.5 Å². The third-order valence-corrected chi connectivity index (χ3v) is 9.45. The summed E-state index contributed by atoms with van der Waals surface area (Å²) in [6, 6.07) is 24.7. The molecule has 3 fully saturated rings. The van der Waals surface area contributed by atoms with E-state index in [4.69, 9.17) is 16.4 Å². The highest BCUT2D eigenvalue weighted by Crippen LogP contribution is 2.34. The van der Waals surface area contributed by atoms with Crippen LogP contribution >= 0.6 is 0 Å². The molecule has 222 valence electrons. The summed E-state index contributed by atoms with van der Waals surface area (Å²) in [7, 11) is 0. The van der Waals surface area contributed by atoms with E-state index in [2.05, 4.69) is 39.0 Å². The van der Waals surface area contributed by atoms with Crippen LogP contribution in [0.3, 0.4) is 0 Å². The molecule has 8 heteroatoms. The first-order chi connectivity index (χ1) is 20.5. The van der Waals surface area contributed by atoms with Gasteiger partial charge < -0.3 is 20.4 Å². The van der Waals surface area contributed by atoms with Gasteiger partial charge in [-0.25, -0.2) is 10.6 Å². The lowest BCUT2D eigenvalue weighted by Gasteiger charge is -2.44. The van der Waals surface area contributed by atoms with Crippen LogP contribution in [-0.2, 0) is 4.84 Å². The molecule has 6 rings (SSSR count). The van der Waals surface area contributed by atoms with Crippen LogP contribution in [0.15, 0.2) is 72.8 Å². The number of nitrogens with two attached hydrogens (primary N) is 2. The standard InChI is InChI=1S/C34H44N6O2/c35-32-8-4-5-9-33(32)40(36)42-34(41)28-12-16-29(17-13-28)37-20-18-31(19-21-37)39-24-22-38(23-25-39)30-14-10-27(11-15-30)26-6-2-1-3-7-26/h4-5,8-17,26,31H,1-3,6-7,18-25,35-36H2. The van der Waals surface area contributed by atoms with Gasteiger partial charge in [0.15, 0.2) is 0 Å². The van der Waals surface area contributed by atoms with Crippen molar-refractivity contribution < 1.29 is 9.63 Å². The van der Waals surface area contributed by atoms with Gasteiger partial charge in [0.1, 0.15) is 5.69 Å². The van der Waals surface area contributed by atoms with Gasteiger partial charge in [-0.3, -0.25) is 4.90 Å². The molecule has 1 aliphatic carbocycles. The molecule has 0 atom stereocenters. The van der Waals surface area contributed by atoms with E-state index in [9.17, 15) is 4.79 Å². The van der Waals surface area contributed by atoms with E-state index in [0.717, 1.165) is 68.9 Å². The molecule has 0 bridgehead atoms. The average Bonchev–Trinajstić information content (AvgIpc) is 3.06. The molecule has 2 saturated heterocycles. The molecule has 0 amide bonds. The number of hydrogen-bond donors (Lipinski definition) is 2. The largest absolute Gasteiger partial charge is 0.397 e. The summed E-state index contributed by atoms with van der Waals surface area (Å²) in [5.41, 5.74) is 11.3. The Morgan fingerprint density at radius 3 is 1.95 bits per heavy atom. The van der Waals surface area contributed by atoms with Crippen LogP contribution in [0, 0.1) is 0 Å². The number of piperazine rings is 1. The lowest BCUT2D eigenvalue weighted by molar-refractivity contribution is 0.0451. The van der Waals surface area contributed by atoms with Gasteiger partial charge in [0.05, 0.1) is 11.3 Å². The molecular weight excluding hydrogens is 524 g/mol. The highest BCUT2D eigenvalue weighted by Gasteiger charge is 2.28. The highest BCUT2D eigenvalue weighted by molar-refractivity contribution is 5.90. The number of nitrogens with zero attached hydrogens (tertiary/aromatic N) is 4. The van der Waals surface area contributed by atoms with Crippen LogP contribution in [-0.4, -0.2) is 56.2 Å². The van der Waals surface area contributed by atoms with Crippen molar-refractivity contribution >= 4 is 28.7 Å². The molecular formula is C34H44N6O2. The van der Waals surface area contributed by atoms with Gasteiger partial charge in [-0.05, 0) is 85.7 Å². The second-order valence-electron chi connectivity index (χ2n) is 12.0. The van der Waals surface area contributed by atoms with Gasteiger partial charge in [-0.15, -0.1) is 5.17 Å². The Labute approximate surface area is 249 Å². The molecule has 0 aromatic heterocycles. The normalized spacial score (nSPS) is 19.1. The van der Waals surface area contributed by atoms with E-state index < -0.39 is 5.97 Å². The molecule has 8 nitrogen and oxygen atoms in total. The van der Waals surface area contributed by atoms with Crippen molar-refractivity contribution in [2.75, 3.05) is 60.0 Å². The molecule has 3 aromatic rings. The Hall–Kier alpha value is -3.75. The van der Waals surface area contributed by atoms with Crippen molar-refractivity contribution in [3.63, 3.8) is 0 Å². The van der Waals surface area contributed by atoms with Crippen molar-refractivity contribution in [3.05, 3.63) is 83.9 Å². The minimum absolute atomic E-state index is 0.438. The number of carbonyl (C=O) groups is 1. The second-order valence-corrected chi connectivity index (χ2v) is 12.0. The maximum Gasteiger partial charge on any atom is 0.365 e. The third kappa shape index (κ3) is 6.50. The first-order valence-corrected chi connectivity index (χ1v) is 15.6. The van der Waals surface area contributed by atoms with E-state index in [1.54, 1.807) is 36.4 Å². The smallest absolute Gasteiger partial charge is 0.365 e. The number of para-hydroxylation sites is 2. The van der Waals surface area contributed by atoms with Gasteiger partial charge in [0.2, 0.25) is 0 Å². The molecule has 3 aromatic carbocycles. The minimum Gasteiger partial charge on any atom is -0.397 e. The summed E-state index contributed by atoms with van der Waals surface area (Å²) in [5, 5.41) is 0.921. The predicted octanol–water partition coefficient (Wildman–Crippen LogP) is 5.56. The molecule has 3 aliphatic rings.